The van der Waals surface area contributed by atoms with Gasteiger partial charge in [0.2, 0.25) is 0 Å². The molecule has 0 aromatic carbocycles. The Hall–Kier alpha value is -1.00. The molecular formula is C16H25N3O. The lowest BCUT2D eigenvalue weighted by atomic mass is 9.74. The van der Waals surface area contributed by atoms with Crippen LogP contribution < -0.4 is 5.73 Å². The fourth-order valence-electron chi connectivity index (χ4n) is 3.47. The van der Waals surface area contributed by atoms with Crippen LogP contribution in [0.4, 0.5) is 0 Å². The fraction of sp³-hybridized carbons (Fsp3) is 0.750. The maximum atomic E-state index is 6.27. The monoisotopic (exact) mass is 275 g/mol. The molecule has 20 heavy (non-hydrogen) atoms. The first-order chi connectivity index (χ1) is 9.40. The molecule has 0 bridgehead atoms. The third kappa shape index (κ3) is 2.47. The van der Waals surface area contributed by atoms with E-state index in [9.17, 15) is 0 Å². The minimum Gasteiger partial charge on any atom is -0.367 e. The summed E-state index contributed by atoms with van der Waals surface area (Å²) in [6.45, 7) is 7.44. The SMILES string of the molecule is CC1(C)Cc2nc(C3(C)CCCCO3)ncc2C(N)C1. The number of nitrogens with two attached hydrogens (primary N) is 1. The van der Waals surface area contributed by atoms with Crippen molar-refractivity contribution in [1.82, 2.24) is 9.97 Å². The third-order valence-corrected chi connectivity index (χ3v) is 4.66. The maximum absolute atomic E-state index is 6.27. The van der Waals surface area contributed by atoms with E-state index in [4.69, 9.17) is 15.5 Å². The summed E-state index contributed by atoms with van der Waals surface area (Å²) in [5, 5.41) is 0. The van der Waals surface area contributed by atoms with Gasteiger partial charge in [0.1, 0.15) is 5.60 Å². The number of hydrogen-bond donors (Lipinski definition) is 1. The van der Waals surface area contributed by atoms with Crippen molar-refractivity contribution >= 4 is 0 Å². The molecule has 1 aliphatic heterocycles. The van der Waals surface area contributed by atoms with Gasteiger partial charge in [0.05, 0.1) is 0 Å². The normalized spacial score (nSPS) is 32.7. The van der Waals surface area contributed by atoms with Crippen molar-refractivity contribution in [2.45, 2.75) is 64.5 Å². The molecule has 3 rings (SSSR count). The fourth-order valence-corrected chi connectivity index (χ4v) is 3.47. The Morgan fingerprint density at radius 1 is 1.30 bits per heavy atom. The minimum absolute atomic E-state index is 0.0582. The summed E-state index contributed by atoms with van der Waals surface area (Å²) >= 11 is 0. The van der Waals surface area contributed by atoms with Crippen LogP contribution in [0.3, 0.4) is 0 Å². The average Bonchev–Trinajstić information content (AvgIpc) is 2.37. The zero-order valence-corrected chi connectivity index (χ0v) is 12.8. The van der Waals surface area contributed by atoms with E-state index in [0.29, 0.717) is 0 Å². The zero-order valence-electron chi connectivity index (χ0n) is 12.8. The second kappa shape index (κ2) is 4.78. The first-order valence-electron chi connectivity index (χ1n) is 7.65. The van der Waals surface area contributed by atoms with Gasteiger partial charge >= 0.3 is 0 Å². The van der Waals surface area contributed by atoms with Crippen molar-refractivity contribution in [2.24, 2.45) is 11.1 Å². The molecule has 1 aromatic rings. The van der Waals surface area contributed by atoms with Gasteiger partial charge in [-0.2, -0.15) is 0 Å². The first kappa shape index (κ1) is 14.0. The second-order valence-corrected chi connectivity index (χ2v) is 7.28. The second-order valence-electron chi connectivity index (χ2n) is 7.28. The number of aromatic nitrogens is 2. The number of rotatable bonds is 1. The highest BCUT2D eigenvalue weighted by Gasteiger charge is 2.36. The Balaban J connectivity index is 1.96. The third-order valence-electron chi connectivity index (χ3n) is 4.66. The summed E-state index contributed by atoms with van der Waals surface area (Å²) in [6, 6.07) is 0.0582. The van der Waals surface area contributed by atoms with E-state index in [-0.39, 0.29) is 17.1 Å². The van der Waals surface area contributed by atoms with E-state index < -0.39 is 0 Å². The number of hydrogen-bond acceptors (Lipinski definition) is 4. The summed E-state index contributed by atoms with van der Waals surface area (Å²) in [4.78, 5) is 9.41. The van der Waals surface area contributed by atoms with Crippen LogP contribution in [0, 0.1) is 5.41 Å². The molecule has 110 valence electrons. The lowest BCUT2D eigenvalue weighted by Gasteiger charge is -2.36. The van der Waals surface area contributed by atoms with Crippen LogP contribution in [0.1, 0.15) is 69.6 Å². The lowest BCUT2D eigenvalue weighted by Crippen LogP contribution is -2.35. The van der Waals surface area contributed by atoms with Crippen LogP contribution >= 0.6 is 0 Å². The van der Waals surface area contributed by atoms with Gasteiger partial charge in [-0.1, -0.05) is 13.8 Å². The summed E-state index contributed by atoms with van der Waals surface area (Å²) in [6.07, 6.45) is 7.22. The molecule has 0 spiro atoms. The lowest BCUT2D eigenvalue weighted by molar-refractivity contribution is -0.0763. The molecular weight excluding hydrogens is 250 g/mol. The number of nitrogens with zero attached hydrogens (tertiary/aromatic N) is 2. The predicted octanol–water partition coefficient (Wildman–Crippen LogP) is 2.86. The molecule has 0 amide bonds. The van der Waals surface area contributed by atoms with Crippen molar-refractivity contribution in [2.75, 3.05) is 6.61 Å². The smallest absolute Gasteiger partial charge is 0.160 e. The zero-order chi connectivity index (χ0) is 14.4. The van der Waals surface area contributed by atoms with Gasteiger partial charge < -0.3 is 10.5 Å². The first-order valence-corrected chi connectivity index (χ1v) is 7.65. The van der Waals surface area contributed by atoms with E-state index in [1.807, 2.05) is 6.20 Å². The Labute approximate surface area is 121 Å². The topological polar surface area (TPSA) is 61.0 Å². The molecule has 4 heteroatoms. The van der Waals surface area contributed by atoms with Crippen molar-refractivity contribution < 1.29 is 4.74 Å². The Kier molecular flexibility index (Phi) is 3.33. The Bertz CT molecular complexity index is 506. The molecule has 2 heterocycles. The molecule has 2 N–H and O–H groups in total. The Morgan fingerprint density at radius 3 is 2.80 bits per heavy atom. The summed E-state index contributed by atoms with van der Waals surface area (Å²) in [5.74, 6) is 0.834. The molecule has 4 nitrogen and oxygen atoms in total. The van der Waals surface area contributed by atoms with E-state index in [2.05, 4.69) is 25.8 Å². The molecule has 1 fully saturated rings. The van der Waals surface area contributed by atoms with Gasteiger partial charge in [-0.15, -0.1) is 0 Å². The number of fused-ring (bicyclic) bond motifs is 1. The van der Waals surface area contributed by atoms with Gasteiger partial charge in [-0.05, 0) is 44.4 Å². The Morgan fingerprint density at radius 2 is 2.10 bits per heavy atom. The minimum atomic E-state index is -0.320. The van der Waals surface area contributed by atoms with Crippen LogP contribution in [0.2, 0.25) is 0 Å². The van der Waals surface area contributed by atoms with Gasteiger partial charge in [-0.3, -0.25) is 0 Å². The highest BCUT2D eigenvalue weighted by molar-refractivity contribution is 5.27. The van der Waals surface area contributed by atoms with Gasteiger partial charge in [0, 0.05) is 30.1 Å². The largest absolute Gasteiger partial charge is 0.367 e. The van der Waals surface area contributed by atoms with E-state index >= 15 is 0 Å². The molecule has 0 radical (unpaired) electrons. The molecule has 0 saturated carbocycles. The highest BCUT2D eigenvalue weighted by Crippen LogP contribution is 2.40. The maximum Gasteiger partial charge on any atom is 0.160 e. The average molecular weight is 275 g/mol. The standard InChI is InChI=1S/C16H25N3O/c1-15(2)8-12(17)11-10-18-14(19-13(11)9-15)16(3)6-4-5-7-20-16/h10,12H,4-9,17H2,1-3H3. The molecule has 1 aromatic heterocycles. The van der Waals surface area contributed by atoms with Crippen molar-refractivity contribution in [3.63, 3.8) is 0 Å². The van der Waals surface area contributed by atoms with Crippen molar-refractivity contribution in [3.05, 3.63) is 23.3 Å². The van der Waals surface area contributed by atoms with Gasteiger partial charge in [-0.25, -0.2) is 9.97 Å². The quantitative estimate of drug-likeness (QED) is 0.856. The van der Waals surface area contributed by atoms with E-state index in [1.54, 1.807) is 0 Å². The summed E-state index contributed by atoms with van der Waals surface area (Å²) in [5.41, 5.74) is 8.40. The van der Waals surface area contributed by atoms with Crippen molar-refractivity contribution in [1.29, 1.82) is 0 Å². The molecule has 2 unspecified atom stereocenters. The van der Waals surface area contributed by atoms with Crippen LogP contribution in [-0.2, 0) is 16.8 Å². The van der Waals surface area contributed by atoms with Crippen molar-refractivity contribution in [3.8, 4) is 0 Å². The van der Waals surface area contributed by atoms with Crippen LogP contribution in [0.25, 0.3) is 0 Å². The van der Waals surface area contributed by atoms with E-state index in [1.165, 1.54) is 6.42 Å². The number of ether oxygens (including phenoxy) is 1. The highest BCUT2D eigenvalue weighted by atomic mass is 16.5. The summed E-state index contributed by atoms with van der Waals surface area (Å²) < 4.78 is 5.97. The summed E-state index contributed by atoms with van der Waals surface area (Å²) in [7, 11) is 0. The van der Waals surface area contributed by atoms with Crippen LogP contribution in [0.5, 0.6) is 0 Å². The van der Waals surface area contributed by atoms with Gasteiger partial charge in [0.15, 0.2) is 5.82 Å². The predicted molar refractivity (Wildman–Crippen MR) is 78.2 cm³/mol. The van der Waals surface area contributed by atoms with Crippen LogP contribution in [-0.4, -0.2) is 16.6 Å². The molecule has 2 aliphatic rings. The van der Waals surface area contributed by atoms with Crippen LogP contribution in [0.15, 0.2) is 6.20 Å². The molecule has 1 aliphatic carbocycles. The molecule has 2 atom stereocenters. The van der Waals surface area contributed by atoms with E-state index in [0.717, 1.165) is 49.4 Å². The van der Waals surface area contributed by atoms with Gasteiger partial charge in [0.25, 0.3) is 0 Å². The molecule has 1 saturated heterocycles.